The first-order chi connectivity index (χ1) is 7.25. The molecule has 1 aliphatic rings. The van der Waals surface area contributed by atoms with E-state index in [1.807, 2.05) is 6.20 Å². The summed E-state index contributed by atoms with van der Waals surface area (Å²) in [6.45, 7) is 3.24. The van der Waals surface area contributed by atoms with Gasteiger partial charge >= 0.3 is 0 Å². The summed E-state index contributed by atoms with van der Waals surface area (Å²) in [6.07, 6.45) is 6.85. The number of nitrogens with zero attached hydrogens (tertiary/aromatic N) is 2. The fourth-order valence-corrected chi connectivity index (χ4v) is 2.51. The van der Waals surface area contributed by atoms with Crippen molar-refractivity contribution in [2.24, 2.45) is 5.92 Å². The van der Waals surface area contributed by atoms with E-state index in [0.29, 0.717) is 0 Å². The molecule has 78 valence electrons. The standard InChI is InChI=1S/C12H13BrN2/c1-8-12-10(11(13)6-14-8)4-5-15(12)7-9-2-3-9/h4-6,9H,2-3,7H2,1H3. The van der Waals surface area contributed by atoms with Crippen LogP contribution in [0.15, 0.2) is 22.9 Å². The van der Waals surface area contributed by atoms with Crippen LogP contribution in [0.1, 0.15) is 18.5 Å². The Bertz CT molecular complexity index is 512. The summed E-state index contributed by atoms with van der Waals surface area (Å²) in [7, 11) is 0. The summed E-state index contributed by atoms with van der Waals surface area (Å²) in [5.41, 5.74) is 2.41. The first kappa shape index (κ1) is 9.40. The van der Waals surface area contributed by atoms with Crippen LogP contribution in [0.3, 0.4) is 0 Å². The fourth-order valence-electron chi connectivity index (χ4n) is 2.08. The van der Waals surface area contributed by atoms with Crippen LogP contribution in [-0.2, 0) is 6.54 Å². The topological polar surface area (TPSA) is 17.8 Å². The maximum absolute atomic E-state index is 4.40. The molecule has 0 radical (unpaired) electrons. The highest BCUT2D eigenvalue weighted by Crippen LogP contribution is 2.33. The van der Waals surface area contributed by atoms with E-state index in [4.69, 9.17) is 0 Å². The number of aryl methyl sites for hydroxylation is 1. The Morgan fingerprint density at radius 2 is 2.33 bits per heavy atom. The Morgan fingerprint density at radius 1 is 1.53 bits per heavy atom. The highest BCUT2D eigenvalue weighted by atomic mass is 79.9. The highest BCUT2D eigenvalue weighted by molar-refractivity contribution is 9.10. The Morgan fingerprint density at radius 3 is 3.07 bits per heavy atom. The lowest BCUT2D eigenvalue weighted by molar-refractivity contribution is 0.645. The van der Waals surface area contributed by atoms with Crippen molar-refractivity contribution >= 4 is 26.8 Å². The molecule has 2 aromatic rings. The van der Waals surface area contributed by atoms with E-state index in [1.54, 1.807) is 0 Å². The zero-order valence-corrected chi connectivity index (χ0v) is 10.3. The SMILES string of the molecule is Cc1ncc(Br)c2ccn(CC3CC3)c12. The molecule has 3 rings (SSSR count). The molecule has 15 heavy (non-hydrogen) atoms. The third kappa shape index (κ3) is 1.59. The van der Waals surface area contributed by atoms with Crippen molar-refractivity contribution in [3.05, 3.63) is 28.6 Å². The van der Waals surface area contributed by atoms with Crippen molar-refractivity contribution in [3.63, 3.8) is 0 Å². The van der Waals surface area contributed by atoms with Gasteiger partial charge in [-0.2, -0.15) is 0 Å². The zero-order chi connectivity index (χ0) is 10.4. The lowest BCUT2D eigenvalue weighted by Crippen LogP contribution is -1.99. The zero-order valence-electron chi connectivity index (χ0n) is 8.70. The third-order valence-electron chi connectivity index (χ3n) is 3.09. The number of fused-ring (bicyclic) bond motifs is 1. The second kappa shape index (κ2) is 3.34. The van der Waals surface area contributed by atoms with Gasteiger partial charge in [-0.25, -0.2) is 0 Å². The minimum atomic E-state index is 0.902. The molecule has 2 nitrogen and oxygen atoms in total. The predicted octanol–water partition coefficient (Wildman–Crippen LogP) is 3.52. The van der Waals surface area contributed by atoms with E-state index in [2.05, 4.69) is 44.7 Å². The molecule has 0 N–H and O–H groups in total. The van der Waals surface area contributed by atoms with E-state index >= 15 is 0 Å². The highest BCUT2D eigenvalue weighted by Gasteiger charge is 2.22. The van der Waals surface area contributed by atoms with Crippen molar-refractivity contribution < 1.29 is 0 Å². The van der Waals surface area contributed by atoms with Gasteiger partial charge in [0.25, 0.3) is 0 Å². The Hall–Kier alpha value is -0.830. The molecule has 1 fully saturated rings. The van der Waals surface area contributed by atoms with Crippen molar-refractivity contribution in [1.29, 1.82) is 0 Å². The number of hydrogen-bond acceptors (Lipinski definition) is 1. The van der Waals surface area contributed by atoms with Crippen molar-refractivity contribution in [2.75, 3.05) is 0 Å². The monoisotopic (exact) mass is 264 g/mol. The summed E-state index contributed by atoms with van der Waals surface area (Å²) >= 11 is 3.55. The predicted molar refractivity (Wildman–Crippen MR) is 64.9 cm³/mol. The smallest absolute Gasteiger partial charge is 0.0708 e. The van der Waals surface area contributed by atoms with Crippen molar-refractivity contribution in [2.45, 2.75) is 26.3 Å². The summed E-state index contributed by atoms with van der Waals surface area (Å²) in [5, 5.41) is 1.28. The van der Waals surface area contributed by atoms with Crippen LogP contribution < -0.4 is 0 Å². The molecule has 0 spiro atoms. The molecule has 3 heteroatoms. The second-order valence-corrected chi connectivity index (χ2v) is 5.22. The molecule has 0 atom stereocenters. The molecule has 0 amide bonds. The molecule has 0 bridgehead atoms. The Labute approximate surface area is 97.4 Å². The second-order valence-electron chi connectivity index (χ2n) is 4.37. The van der Waals surface area contributed by atoms with E-state index < -0.39 is 0 Å². The quantitative estimate of drug-likeness (QED) is 0.812. The van der Waals surface area contributed by atoms with Gasteiger partial charge in [0.1, 0.15) is 0 Å². The van der Waals surface area contributed by atoms with Crippen LogP contribution in [0.25, 0.3) is 10.9 Å². The largest absolute Gasteiger partial charge is 0.346 e. The van der Waals surface area contributed by atoms with Gasteiger partial charge in [-0.3, -0.25) is 4.98 Å². The van der Waals surface area contributed by atoms with Gasteiger partial charge in [0.15, 0.2) is 0 Å². The van der Waals surface area contributed by atoms with Gasteiger partial charge in [0, 0.05) is 28.8 Å². The van der Waals surface area contributed by atoms with Gasteiger partial charge < -0.3 is 4.57 Å². The Balaban J connectivity index is 2.17. The van der Waals surface area contributed by atoms with Crippen LogP contribution in [0.4, 0.5) is 0 Å². The van der Waals surface area contributed by atoms with Crippen LogP contribution in [0.2, 0.25) is 0 Å². The van der Waals surface area contributed by atoms with Crippen LogP contribution in [0, 0.1) is 12.8 Å². The van der Waals surface area contributed by atoms with E-state index in [-0.39, 0.29) is 0 Å². The van der Waals surface area contributed by atoms with Crippen molar-refractivity contribution in [1.82, 2.24) is 9.55 Å². The van der Waals surface area contributed by atoms with Crippen molar-refractivity contribution in [3.8, 4) is 0 Å². The summed E-state index contributed by atoms with van der Waals surface area (Å²) in [4.78, 5) is 4.40. The fraction of sp³-hybridized carbons (Fsp3) is 0.417. The number of hydrogen-bond donors (Lipinski definition) is 0. The van der Waals surface area contributed by atoms with Gasteiger partial charge in [-0.05, 0) is 47.7 Å². The molecular weight excluding hydrogens is 252 g/mol. The lowest BCUT2D eigenvalue weighted by atomic mass is 10.2. The number of rotatable bonds is 2. The van der Waals surface area contributed by atoms with E-state index in [1.165, 1.54) is 23.7 Å². The number of halogens is 1. The summed E-state index contributed by atoms with van der Waals surface area (Å²) in [5.74, 6) is 0.902. The normalized spacial score (nSPS) is 16.1. The van der Waals surface area contributed by atoms with Crippen LogP contribution in [0.5, 0.6) is 0 Å². The molecule has 0 aliphatic heterocycles. The van der Waals surface area contributed by atoms with Gasteiger partial charge in [-0.1, -0.05) is 0 Å². The third-order valence-corrected chi connectivity index (χ3v) is 3.72. The average Bonchev–Trinajstić information content (AvgIpc) is 2.91. The molecular formula is C12H13BrN2. The average molecular weight is 265 g/mol. The maximum Gasteiger partial charge on any atom is 0.0708 e. The van der Waals surface area contributed by atoms with Gasteiger partial charge in [0.05, 0.1) is 11.2 Å². The molecule has 0 unspecified atom stereocenters. The van der Waals surface area contributed by atoms with E-state index in [9.17, 15) is 0 Å². The summed E-state index contributed by atoms with van der Waals surface area (Å²) < 4.78 is 3.44. The number of pyridine rings is 1. The molecule has 0 saturated heterocycles. The molecule has 1 saturated carbocycles. The minimum absolute atomic E-state index is 0.902. The molecule has 1 aliphatic carbocycles. The lowest BCUT2D eigenvalue weighted by Gasteiger charge is -2.06. The van der Waals surface area contributed by atoms with Gasteiger partial charge in [0.2, 0.25) is 0 Å². The Kier molecular flexibility index (Phi) is 2.09. The molecule has 0 aromatic carbocycles. The first-order valence-corrected chi connectivity index (χ1v) is 6.15. The van der Waals surface area contributed by atoms with Crippen LogP contribution >= 0.6 is 15.9 Å². The minimum Gasteiger partial charge on any atom is -0.346 e. The van der Waals surface area contributed by atoms with Gasteiger partial charge in [-0.15, -0.1) is 0 Å². The van der Waals surface area contributed by atoms with E-state index in [0.717, 1.165) is 22.6 Å². The van der Waals surface area contributed by atoms with Crippen LogP contribution in [-0.4, -0.2) is 9.55 Å². The number of aromatic nitrogens is 2. The maximum atomic E-state index is 4.40. The molecule has 2 aromatic heterocycles. The summed E-state index contributed by atoms with van der Waals surface area (Å²) in [6, 6.07) is 2.18. The molecule has 2 heterocycles. The first-order valence-electron chi connectivity index (χ1n) is 5.35.